The van der Waals surface area contributed by atoms with Gasteiger partial charge in [-0.1, -0.05) is 0 Å². The minimum atomic E-state index is -2.85. The SMILES string of the molecule is CNC(=O)CCCCC(=O)NCCCO[C@@H]1CC(CO)[C@@H](O[C@@H]2OC(CO[C@]3(C(=O)O)C[C@@H](O)[C@@H](NC(C)=O)C(C(O)C(O)CO)O3)[C@H](O)C(O)[C@@H]2O)C(O)[C@@H]1NC(C)=O. The molecule has 16 atom stereocenters. The zero-order valence-corrected chi connectivity index (χ0v) is 33.7. The molecule has 0 aromatic rings. The van der Waals surface area contributed by atoms with Gasteiger partial charge in [-0.3, -0.25) is 19.2 Å². The van der Waals surface area contributed by atoms with Crippen LogP contribution >= 0.6 is 0 Å². The highest BCUT2D eigenvalue weighted by Crippen LogP contribution is 2.36. The van der Waals surface area contributed by atoms with E-state index in [-0.39, 0.29) is 37.8 Å². The maximum atomic E-state index is 12.6. The van der Waals surface area contributed by atoms with Crippen LogP contribution in [0.2, 0.25) is 0 Å². The van der Waals surface area contributed by atoms with Gasteiger partial charge in [0.15, 0.2) is 6.29 Å². The molecule has 0 spiro atoms. The maximum absolute atomic E-state index is 12.6. The summed E-state index contributed by atoms with van der Waals surface area (Å²) >= 11 is 0. The van der Waals surface area contributed by atoms with Crippen molar-refractivity contribution >= 4 is 29.6 Å². The van der Waals surface area contributed by atoms with Gasteiger partial charge in [-0.05, 0) is 25.7 Å². The number of aliphatic hydroxyl groups is 9. The first kappa shape index (κ1) is 51.1. The molecule has 14 N–H and O–H groups in total. The molecular weight excluding hydrogens is 808 g/mol. The van der Waals surface area contributed by atoms with Crippen molar-refractivity contribution in [3.05, 3.63) is 0 Å². The molecule has 60 heavy (non-hydrogen) atoms. The Kier molecular flexibility index (Phi) is 20.3. The highest BCUT2D eigenvalue weighted by atomic mass is 16.7. The summed E-state index contributed by atoms with van der Waals surface area (Å²) in [6, 6.07) is -2.63. The number of nitrogens with one attached hydrogen (secondary N) is 4. The van der Waals surface area contributed by atoms with Crippen molar-refractivity contribution < 1.29 is 98.7 Å². The van der Waals surface area contributed by atoms with E-state index in [1.807, 2.05) is 0 Å². The van der Waals surface area contributed by atoms with Gasteiger partial charge in [-0.15, -0.1) is 0 Å². The number of hydrogen-bond acceptors (Lipinski definition) is 19. The fourth-order valence-corrected chi connectivity index (χ4v) is 7.37. The summed E-state index contributed by atoms with van der Waals surface area (Å²) in [6.45, 7) is -0.0281. The summed E-state index contributed by atoms with van der Waals surface area (Å²) in [5, 5.41) is 116. The second-order valence-corrected chi connectivity index (χ2v) is 15.2. The van der Waals surface area contributed by atoms with Crippen LogP contribution in [0.5, 0.6) is 0 Å². The Bertz CT molecular complexity index is 1420. The average molecular weight is 871 g/mol. The van der Waals surface area contributed by atoms with E-state index < -0.39 is 141 Å². The Morgan fingerprint density at radius 3 is 2.07 bits per heavy atom. The molecule has 7 unspecified atom stereocenters. The lowest BCUT2D eigenvalue weighted by atomic mass is 9.79. The molecule has 3 fully saturated rings. The third-order valence-corrected chi connectivity index (χ3v) is 10.6. The first-order valence-electron chi connectivity index (χ1n) is 19.8. The fraction of sp³-hybridized carbons (Fsp3) is 0.861. The van der Waals surface area contributed by atoms with Crippen LogP contribution in [-0.4, -0.2) is 212 Å². The number of hydrogen-bond donors (Lipinski definition) is 14. The zero-order chi connectivity index (χ0) is 44.9. The van der Waals surface area contributed by atoms with Gasteiger partial charge in [0.2, 0.25) is 23.6 Å². The van der Waals surface area contributed by atoms with Crippen molar-refractivity contribution in [2.45, 2.75) is 150 Å². The standard InChI is InChI=1S/C36H62N4O20/c1-16(43)39-25-19(45)12-36(35(54)55,60-33(25)27(49)20(46)14-42)57-15-22-28(50)30(52)31(53)34(58-22)59-32-18(13-41)11-21(26(29(32)51)40-17(2)44)56-10-6-9-38-24(48)8-5-4-7-23(47)37-3/h18-22,25-34,41-42,45-46,49-53H,4-15H2,1-3H3,(H,37,47)(H,38,48)(H,39,43)(H,40,44)(H,54,55)/t18?,19-,20?,21-,22?,25-,26-,27?,28+,29?,30?,31+,32-,33?,34+,36-/m1/s1. The van der Waals surface area contributed by atoms with E-state index in [1.54, 1.807) is 0 Å². The quantitative estimate of drug-likeness (QED) is 0.0450. The Morgan fingerprint density at radius 1 is 0.850 bits per heavy atom. The molecule has 3 rings (SSSR count). The van der Waals surface area contributed by atoms with Crippen molar-refractivity contribution in [2.24, 2.45) is 5.92 Å². The first-order chi connectivity index (χ1) is 28.3. The molecule has 4 amide bonds. The maximum Gasteiger partial charge on any atom is 0.364 e. The molecular formula is C36H62N4O20. The molecule has 1 saturated carbocycles. The van der Waals surface area contributed by atoms with Crippen LogP contribution in [0.3, 0.4) is 0 Å². The number of ether oxygens (including phenoxy) is 5. The number of carbonyl (C=O) groups excluding carboxylic acids is 4. The van der Waals surface area contributed by atoms with Crippen molar-refractivity contribution in [2.75, 3.05) is 40.0 Å². The monoisotopic (exact) mass is 870 g/mol. The molecule has 346 valence electrons. The van der Waals surface area contributed by atoms with Crippen LogP contribution in [0.15, 0.2) is 0 Å². The van der Waals surface area contributed by atoms with E-state index in [0.29, 0.717) is 25.7 Å². The number of amides is 4. The summed E-state index contributed by atoms with van der Waals surface area (Å²) in [7, 11) is 1.53. The highest BCUT2D eigenvalue weighted by molar-refractivity contribution is 5.77. The molecule has 2 saturated heterocycles. The minimum Gasteiger partial charge on any atom is -0.477 e. The number of unbranched alkanes of at least 4 members (excludes halogenated alkanes) is 1. The van der Waals surface area contributed by atoms with E-state index in [9.17, 15) is 75.0 Å². The third-order valence-electron chi connectivity index (χ3n) is 10.6. The molecule has 0 aromatic carbocycles. The molecule has 1 aliphatic carbocycles. The van der Waals surface area contributed by atoms with Crippen molar-refractivity contribution in [3.63, 3.8) is 0 Å². The van der Waals surface area contributed by atoms with Gasteiger partial charge in [-0.25, -0.2) is 4.79 Å². The molecule has 24 heteroatoms. The number of rotatable bonds is 22. The van der Waals surface area contributed by atoms with E-state index in [4.69, 9.17) is 23.7 Å². The predicted molar refractivity (Wildman–Crippen MR) is 199 cm³/mol. The Hall–Kier alpha value is -3.21. The summed E-state index contributed by atoms with van der Waals surface area (Å²) in [6.07, 6.45) is -20.1. The molecule has 0 radical (unpaired) electrons. The summed E-state index contributed by atoms with van der Waals surface area (Å²) in [4.78, 5) is 60.1. The smallest absolute Gasteiger partial charge is 0.364 e. The van der Waals surface area contributed by atoms with Gasteiger partial charge in [0.25, 0.3) is 5.79 Å². The van der Waals surface area contributed by atoms with Gasteiger partial charge < -0.3 is 96.0 Å². The number of carboxylic acid groups (broad SMARTS) is 1. The highest BCUT2D eigenvalue weighted by Gasteiger charge is 2.57. The third kappa shape index (κ3) is 13.6. The molecule has 3 aliphatic rings. The molecule has 0 bridgehead atoms. The number of aliphatic hydroxyl groups excluding tert-OH is 9. The molecule has 0 aromatic heterocycles. The number of aliphatic carboxylic acids is 1. The van der Waals surface area contributed by atoms with Crippen molar-refractivity contribution in [1.82, 2.24) is 21.3 Å². The van der Waals surface area contributed by atoms with Crippen molar-refractivity contribution in [3.8, 4) is 0 Å². The van der Waals surface area contributed by atoms with Gasteiger partial charge in [-0.2, -0.15) is 0 Å². The van der Waals surface area contributed by atoms with Crippen molar-refractivity contribution in [1.29, 1.82) is 0 Å². The van der Waals surface area contributed by atoms with E-state index >= 15 is 0 Å². The molecule has 24 nitrogen and oxygen atoms in total. The van der Waals surface area contributed by atoms with E-state index in [0.717, 1.165) is 6.92 Å². The summed E-state index contributed by atoms with van der Waals surface area (Å²) < 4.78 is 28.7. The van der Waals surface area contributed by atoms with E-state index in [2.05, 4.69) is 21.3 Å². The Morgan fingerprint density at radius 2 is 1.48 bits per heavy atom. The normalized spacial score (nSPS) is 35.4. The minimum absolute atomic E-state index is 0.0142. The Labute approximate surface area is 345 Å². The van der Waals surface area contributed by atoms with Crippen LogP contribution in [0.4, 0.5) is 0 Å². The largest absolute Gasteiger partial charge is 0.477 e. The van der Waals surface area contributed by atoms with Crippen LogP contribution in [0, 0.1) is 5.92 Å². The second-order valence-electron chi connectivity index (χ2n) is 15.2. The molecule has 2 aliphatic heterocycles. The van der Waals surface area contributed by atoms with Crippen LogP contribution in [-0.2, 0) is 47.7 Å². The fourth-order valence-electron chi connectivity index (χ4n) is 7.37. The number of carboxylic acids is 1. The Balaban J connectivity index is 1.70. The lowest BCUT2D eigenvalue weighted by Crippen LogP contribution is -2.68. The lowest BCUT2D eigenvalue weighted by Gasteiger charge is -2.48. The van der Waals surface area contributed by atoms with Crippen LogP contribution in [0.1, 0.15) is 58.8 Å². The van der Waals surface area contributed by atoms with Gasteiger partial charge in [0.05, 0.1) is 43.6 Å². The lowest BCUT2D eigenvalue weighted by molar-refractivity contribution is -0.349. The predicted octanol–water partition coefficient (Wildman–Crippen LogP) is -6.58. The first-order valence-corrected chi connectivity index (χ1v) is 19.8. The second kappa shape index (κ2) is 23.9. The van der Waals surface area contributed by atoms with Gasteiger partial charge in [0.1, 0.15) is 48.8 Å². The van der Waals surface area contributed by atoms with E-state index in [1.165, 1.54) is 14.0 Å². The van der Waals surface area contributed by atoms with Gasteiger partial charge >= 0.3 is 5.97 Å². The van der Waals surface area contributed by atoms with Crippen LogP contribution in [0.25, 0.3) is 0 Å². The molecule has 2 heterocycles. The average Bonchev–Trinajstić information content (AvgIpc) is 3.20. The topological polar surface area (TPSA) is 382 Å². The summed E-state index contributed by atoms with van der Waals surface area (Å²) in [5.74, 6) is -7.26. The van der Waals surface area contributed by atoms with Crippen LogP contribution < -0.4 is 21.3 Å². The number of carbonyl (C=O) groups is 5. The zero-order valence-electron chi connectivity index (χ0n) is 33.7. The summed E-state index contributed by atoms with van der Waals surface area (Å²) in [5.41, 5.74) is 0. The van der Waals surface area contributed by atoms with Gasteiger partial charge in [0, 0.05) is 65.8 Å².